The average molecular weight is 393 g/mol. The van der Waals surface area contributed by atoms with Gasteiger partial charge in [-0.3, -0.25) is 4.79 Å². The zero-order valence-corrected chi connectivity index (χ0v) is 14.9. The van der Waals surface area contributed by atoms with Crippen molar-refractivity contribution >= 4 is 34.0 Å². The molecular formula is C20H16ClF3N2O. The molecule has 0 aromatic heterocycles. The molecule has 0 saturated carbocycles. The predicted octanol–water partition coefficient (Wildman–Crippen LogP) is 5.24. The lowest BCUT2D eigenvalue weighted by atomic mass is 10.0. The predicted molar refractivity (Wildman–Crippen MR) is 101 cm³/mol. The molecular weight excluding hydrogens is 377 g/mol. The molecule has 0 atom stereocenters. The van der Waals surface area contributed by atoms with Crippen LogP contribution in [0.3, 0.4) is 0 Å². The van der Waals surface area contributed by atoms with Gasteiger partial charge in [-0.25, -0.2) is 0 Å². The van der Waals surface area contributed by atoms with E-state index in [0.717, 1.165) is 34.5 Å². The van der Waals surface area contributed by atoms with Gasteiger partial charge in [-0.05, 0) is 34.5 Å². The van der Waals surface area contributed by atoms with Crippen molar-refractivity contribution in [2.24, 2.45) is 0 Å². The van der Waals surface area contributed by atoms with Crippen molar-refractivity contribution in [1.29, 1.82) is 0 Å². The van der Waals surface area contributed by atoms with Crippen LogP contribution in [0.25, 0.3) is 10.8 Å². The smallest absolute Gasteiger partial charge is 0.324 e. The maximum absolute atomic E-state index is 12.8. The molecule has 0 spiro atoms. The van der Waals surface area contributed by atoms with Crippen LogP contribution in [0.2, 0.25) is 5.02 Å². The van der Waals surface area contributed by atoms with Crippen molar-refractivity contribution in [3.8, 4) is 0 Å². The van der Waals surface area contributed by atoms with Crippen molar-refractivity contribution in [3.05, 3.63) is 76.8 Å². The molecule has 0 aliphatic heterocycles. The van der Waals surface area contributed by atoms with Crippen molar-refractivity contribution < 1.29 is 18.0 Å². The van der Waals surface area contributed by atoms with Crippen LogP contribution in [0.15, 0.2) is 60.7 Å². The topological polar surface area (TPSA) is 41.1 Å². The SMILES string of the molecule is O=C(CNCc1cccc2ccccc12)Nc1cc(C(F)(F)F)ccc1Cl. The fourth-order valence-corrected chi connectivity index (χ4v) is 2.91. The second-order valence-electron chi connectivity index (χ2n) is 5.98. The summed E-state index contributed by atoms with van der Waals surface area (Å²) in [6.07, 6.45) is -4.50. The van der Waals surface area contributed by atoms with Crippen LogP contribution in [0, 0.1) is 0 Å². The van der Waals surface area contributed by atoms with Crippen molar-refractivity contribution in [1.82, 2.24) is 5.32 Å². The maximum atomic E-state index is 12.8. The third-order valence-electron chi connectivity index (χ3n) is 4.05. The first-order valence-corrected chi connectivity index (χ1v) is 8.56. The van der Waals surface area contributed by atoms with E-state index < -0.39 is 17.6 Å². The highest BCUT2D eigenvalue weighted by Crippen LogP contribution is 2.33. The van der Waals surface area contributed by atoms with Gasteiger partial charge in [0.1, 0.15) is 0 Å². The van der Waals surface area contributed by atoms with Crippen LogP contribution in [0.4, 0.5) is 18.9 Å². The number of carbonyl (C=O) groups excluding carboxylic acids is 1. The van der Waals surface area contributed by atoms with E-state index in [9.17, 15) is 18.0 Å². The summed E-state index contributed by atoms with van der Waals surface area (Å²) in [6.45, 7) is 0.390. The summed E-state index contributed by atoms with van der Waals surface area (Å²) < 4.78 is 38.4. The largest absolute Gasteiger partial charge is 0.416 e. The van der Waals surface area contributed by atoms with Gasteiger partial charge in [0.05, 0.1) is 22.8 Å². The standard InChI is InChI=1S/C20H16ClF3N2O/c21-17-9-8-15(20(22,23)24)10-18(17)26-19(27)12-25-11-14-6-3-5-13-4-1-2-7-16(13)14/h1-10,25H,11-12H2,(H,26,27). The Morgan fingerprint density at radius 1 is 1.00 bits per heavy atom. The van der Waals surface area contributed by atoms with E-state index in [1.807, 2.05) is 42.5 Å². The third kappa shape index (κ3) is 4.78. The molecule has 1 amide bonds. The minimum absolute atomic E-state index is 0.0467. The van der Waals surface area contributed by atoms with Gasteiger partial charge in [-0.1, -0.05) is 54.1 Å². The molecule has 7 heteroatoms. The number of hydrogen-bond donors (Lipinski definition) is 2. The Bertz CT molecular complexity index is 968. The molecule has 0 unspecified atom stereocenters. The molecule has 0 bridgehead atoms. The van der Waals surface area contributed by atoms with Crippen LogP contribution < -0.4 is 10.6 Å². The van der Waals surface area contributed by atoms with Crippen molar-refractivity contribution in [2.75, 3.05) is 11.9 Å². The number of nitrogens with one attached hydrogen (secondary N) is 2. The van der Waals surface area contributed by atoms with Gasteiger partial charge in [0.2, 0.25) is 5.91 Å². The minimum Gasteiger partial charge on any atom is -0.324 e. The Kier molecular flexibility index (Phi) is 5.68. The van der Waals surface area contributed by atoms with Gasteiger partial charge in [-0.15, -0.1) is 0 Å². The van der Waals surface area contributed by atoms with E-state index in [2.05, 4.69) is 10.6 Å². The number of alkyl halides is 3. The summed E-state index contributed by atoms with van der Waals surface area (Å²) in [5.41, 5.74) is 0.0902. The highest BCUT2D eigenvalue weighted by Gasteiger charge is 2.31. The lowest BCUT2D eigenvalue weighted by molar-refractivity contribution is -0.137. The van der Waals surface area contributed by atoms with Gasteiger partial charge in [0, 0.05) is 6.54 Å². The molecule has 0 radical (unpaired) electrons. The van der Waals surface area contributed by atoms with Crippen LogP contribution in [0.5, 0.6) is 0 Å². The van der Waals surface area contributed by atoms with Gasteiger partial charge in [0.25, 0.3) is 0 Å². The van der Waals surface area contributed by atoms with Crippen LogP contribution in [-0.2, 0) is 17.5 Å². The van der Waals surface area contributed by atoms with Gasteiger partial charge >= 0.3 is 6.18 Å². The second-order valence-corrected chi connectivity index (χ2v) is 6.39. The first-order valence-electron chi connectivity index (χ1n) is 8.18. The van der Waals surface area contributed by atoms with Crippen molar-refractivity contribution in [2.45, 2.75) is 12.7 Å². The molecule has 0 aliphatic rings. The van der Waals surface area contributed by atoms with Crippen LogP contribution in [0.1, 0.15) is 11.1 Å². The number of hydrogen-bond acceptors (Lipinski definition) is 2. The average Bonchev–Trinajstić information content (AvgIpc) is 2.63. The number of fused-ring (bicyclic) bond motifs is 1. The van der Waals surface area contributed by atoms with E-state index in [1.54, 1.807) is 0 Å². The summed E-state index contributed by atoms with van der Waals surface area (Å²) in [5.74, 6) is -0.475. The minimum atomic E-state index is -4.50. The summed E-state index contributed by atoms with van der Waals surface area (Å²) in [4.78, 5) is 12.1. The van der Waals surface area contributed by atoms with Gasteiger partial charge in [-0.2, -0.15) is 13.2 Å². The summed E-state index contributed by atoms with van der Waals surface area (Å²) in [6, 6.07) is 16.6. The van der Waals surface area contributed by atoms with E-state index in [0.29, 0.717) is 6.54 Å². The molecule has 3 rings (SSSR count). The zero-order valence-electron chi connectivity index (χ0n) is 14.1. The molecule has 3 nitrogen and oxygen atoms in total. The first-order chi connectivity index (χ1) is 12.8. The second kappa shape index (κ2) is 7.98. The number of amides is 1. The number of benzene rings is 3. The summed E-state index contributed by atoms with van der Waals surface area (Å²) in [7, 11) is 0. The third-order valence-corrected chi connectivity index (χ3v) is 4.38. The van der Waals surface area contributed by atoms with E-state index in [4.69, 9.17) is 11.6 Å². The fraction of sp³-hybridized carbons (Fsp3) is 0.150. The molecule has 140 valence electrons. The normalized spacial score (nSPS) is 11.6. The van der Waals surface area contributed by atoms with Crippen molar-refractivity contribution in [3.63, 3.8) is 0 Å². The van der Waals surface area contributed by atoms with E-state index >= 15 is 0 Å². The van der Waals surface area contributed by atoms with Crippen LogP contribution >= 0.6 is 11.6 Å². The number of rotatable bonds is 5. The number of carbonyl (C=O) groups is 1. The molecule has 0 aliphatic carbocycles. The van der Waals surface area contributed by atoms with E-state index in [1.165, 1.54) is 0 Å². The molecule has 0 fully saturated rings. The van der Waals surface area contributed by atoms with E-state index in [-0.39, 0.29) is 17.3 Å². The highest BCUT2D eigenvalue weighted by atomic mass is 35.5. The number of halogens is 4. The lowest BCUT2D eigenvalue weighted by Gasteiger charge is -2.12. The Balaban J connectivity index is 1.62. The Morgan fingerprint density at radius 2 is 1.74 bits per heavy atom. The number of anilines is 1. The molecule has 3 aromatic rings. The summed E-state index contributed by atoms with van der Waals surface area (Å²) >= 11 is 5.88. The molecule has 27 heavy (non-hydrogen) atoms. The zero-order chi connectivity index (χ0) is 19.4. The monoisotopic (exact) mass is 392 g/mol. The Labute approximate surface area is 159 Å². The molecule has 0 saturated heterocycles. The van der Waals surface area contributed by atoms with Gasteiger partial charge in [0.15, 0.2) is 0 Å². The van der Waals surface area contributed by atoms with Gasteiger partial charge < -0.3 is 10.6 Å². The van der Waals surface area contributed by atoms with Crippen LogP contribution in [-0.4, -0.2) is 12.5 Å². The highest BCUT2D eigenvalue weighted by molar-refractivity contribution is 6.33. The fourth-order valence-electron chi connectivity index (χ4n) is 2.75. The molecule has 0 heterocycles. The molecule has 3 aromatic carbocycles. The molecule has 2 N–H and O–H groups in total. The Hall–Kier alpha value is -2.57. The Morgan fingerprint density at radius 3 is 2.52 bits per heavy atom. The maximum Gasteiger partial charge on any atom is 0.416 e. The quantitative estimate of drug-likeness (QED) is 0.623. The summed E-state index contributed by atoms with van der Waals surface area (Å²) in [5, 5.41) is 7.63. The first kappa shape index (κ1) is 19.2. The lowest BCUT2D eigenvalue weighted by Crippen LogP contribution is -2.28.